The van der Waals surface area contributed by atoms with Crippen LogP contribution in [0.1, 0.15) is 23.2 Å². The number of ether oxygens (including phenoxy) is 1. The standard InChI is InChI=1S/C12H10N2O5/c15-10-7-1-2-8(19-7)11(16)14(10)9-5-6(12(17)18)3-4-13-9/h3-5,7-8H,1-2H2,(H,17,18). The van der Waals surface area contributed by atoms with Crippen molar-refractivity contribution in [2.24, 2.45) is 0 Å². The average Bonchev–Trinajstić information content (AvgIpc) is 2.84. The van der Waals surface area contributed by atoms with Gasteiger partial charge >= 0.3 is 5.97 Å². The summed E-state index contributed by atoms with van der Waals surface area (Å²) in [5.74, 6) is -2.06. The van der Waals surface area contributed by atoms with Gasteiger partial charge in [0.15, 0.2) is 0 Å². The zero-order chi connectivity index (χ0) is 13.6. The first-order chi connectivity index (χ1) is 9.08. The van der Waals surface area contributed by atoms with Gasteiger partial charge in [0.1, 0.15) is 18.0 Å². The number of anilines is 1. The number of carboxylic acids is 1. The van der Waals surface area contributed by atoms with Crippen LogP contribution in [-0.2, 0) is 14.3 Å². The molecular weight excluding hydrogens is 252 g/mol. The van der Waals surface area contributed by atoms with Gasteiger partial charge in [-0.1, -0.05) is 0 Å². The van der Waals surface area contributed by atoms with Gasteiger partial charge in [-0.25, -0.2) is 14.7 Å². The van der Waals surface area contributed by atoms with Gasteiger partial charge in [-0.2, -0.15) is 0 Å². The minimum Gasteiger partial charge on any atom is -0.478 e. The maximum Gasteiger partial charge on any atom is 0.335 e. The predicted molar refractivity (Wildman–Crippen MR) is 61.6 cm³/mol. The van der Waals surface area contributed by atoms with Crippen LogP contribution < -0.4 is 4.90 Å². The number of nitrogens with zero attached hydrogens (tertiary/aromatic N) is 2. The summed E-state index contributed by atoms with van der Waals surface area (Å²) in [7, 11) is 0. The Morgan fingerprint density at radius 2 is 1.95 bits per heavy atom. The Hall–Kier alpha value is -2.28. The molecule has 19 heavy (non-hydrogen) atoms. The van der Waals surface area contributed by atoms with E-state index in [4.69, 9.17) is 9.84 Å². The average molecular weight is 262 g/mol. The SMILES string of the molecule is O=C(O)c1ccnc(N2C(=O)C3CCC(O3)C2=O)c1. The number of carboxylic acid groups (broad SMARTS) is 1. The van der Waals surface area contributed by atoms with Crippen LogP contribution in [0.2, 0.25) is 0 Å². The largest absolute Gasteiger partial charge is 0.478 e. The Bertz CT molecular complexity index is 563. The van der Waals surface area contributed by atoms with Crippen LogP contribution in [-0.4, -0.2) is 40.1 Å². The number of pyridine rings is 1. The first kappa shape index (κ1) is 11.8. The molecule has 0 spiro atoms. The van der Waals surface area contributed by atoms with Gasteiger partial charge in [0, 0.05) is 6.20 Å². The highest BCUT2D eigenvalue weighted by atomic mass is 16.5. The molecule has 1 aromatic rings. The fourth-order valence-corrected chi connectivity index (χ4v) is 2.30. The number of hydrogen-bond acceptors (Lipinski definition) is 5. The number of amides is 2. The molecule has 0 saturated carbocycles. The molecule has 3 heterocycles. The Morgan fingerprint density at radius 3 is 2.53 bits per heavy atom. The van der Waals surface area contributed by atoms with Crippen LogP contribution in [0.15, 0.2) is 18.3 Å². The first-order valence-corrected chi connectivity index (χ1v) is 5.80. The molecule has 2 aliphatic heterocycles. The van der Waals surface area contributed by atoms with Crippen molar-refractivity contribution in [2.75, 3.05) is 4.90 Å². The maximum absolute atomic E-state index is 12.1. The summed E-state index contributed by atoms with van der Waals surface area (Å²) >= 11 is 0. The molecule has 2 bridgehead atoms. The number of fused-ring (bicyclic) bond motifs is 2. The minimum atomic E-state index is -1.14. The lowest BCUT2D eigenvalue weighted by Crippen LogP contribution is -2.52. The van der Waals surface area contributed by atoms with E-state index in [1.165, 1.54) is 18.3 Å². The fourth-order valence-electron chi connectivity index (χ4n) is 2.30. The Labute approximate surface area is 107 Å². The number of rotatable bonds is 2. The molecule has 2 amide bonds. The maximum atomic E-state index is 12.1. The van der Waals surface area contributed by atoms with Gasteiger partial charge in [-0.15, -0.1) is 0 Å². The van der Waals surface area contributed by atoms with Crippen LogP contribution in [0.25, 0.3) is 0 Å². The second-order valence-corrected chi connectivity index (χ2v) is 4.41. The van der Waals surface area contributed by atoms with Crippen molar-refractivity contribution in [3.8, 4) is 0 Å². The van der Waals surface area contributed by atoms with Gasteiger partial charge in [0.05, 0.1) is 5.56 Å². The lowest BCUT2D eigenvalue weighted by atomic mass is 10.2. The number of aromatic nitrogens is 1. The number of aromatic carboxylic acids is 1. The summed E-state index contributed by atoms with van der Waals surface area (Å²) in [4.78, 5) is 39.9. The zero-order valence-electron chi connectivity index (χ0n) is 9.78. The van der Waals surface area contributed by atoms with Crippen molar-refractivity contribution in [1.82, 2.24) is 4.98 Å². The zero-order valence-corrected chi connectivity index (χ0v) is 9.78. The van der Waals surface area contributed by atoms with Gasteiger partial charge in [-0.3, -0.25) is 9.59 Å². The van der Waals surface area contributed by atoms with E-state index >= 15 is 0 Å². The van der Waals surface area contributed by atoms with Crippen LogP contribution in [0.4, 0.5) is 5.82 Å². The van der Waals surface area contributed by atoms with E-state index in [9.17, 15) is 14.4 Å². The number of carbonyl (C=O) groups excluding carboxylic acids is 2. The molecule has 0 aliphatic carbocycles. The lowest BCUT2D eigenvalue weighted by molar-refractivity contribution is -0.146. The Morgan fingerprint density at radius 1 is 1.32 bits per heavy atom. The smallest absolute Gasteiger partial charge is 0.335 e. The second kappa shape index (κ2) is 4.13. The molecule has 2 atom stereocenters. The summed E-state index contributed by atoms with van der Waals surface area (Å²) in [6.45, 7) is 0. The van der Waals surface area contributed by atoms with Crippen LogP contribution in [0, 0.1) is 0 Å². The normalized spacial score (nSPS) is 25.8. The van der Waals surface area contributed by atoms with Gasteiger partial charge in [0.25, 0.3) is 11.8 Å². The summed E-state index contributed by atoms with van der Waals surface area (Å²) in [6.07, 6.45) is 1.02. The number of hydrogen-bond donors (Lipinski definition) is 1. The van der Waals surface area contributed by atoms with Crippen molar-refractivity contribution in [3.05, 3.63) is 23.9 Å². The molecule has 3 rings (SSSR count). The highest BCUT2D eigenvalue weighted by molar-refractivity contribution is 6.19. The quantitative estimate of drug-likeness (QED) is 0.765. The topological polar surface area (TPSA) is 96.8 Å². The highest BCUT2D eigenvalue weighted by Gasteiger charge is 2.47. The Balaban J connectivity index is 2.01. The van der Waals surface area contributed by atoms with Crippen molar-refractivity contribution < 1.29 is 24.2 Å². The lowest BCUT2D eigenvalue weighted by Gasteiger charge is -2.29. The Kier molecular flexibility index (Phi) is 2.56. The third-order valence-corrected chi connectivity index (χ3v) is 3.23. The molecule has 2 fully saturated rings. The van der Waals surface area contributed by atoms with Crippen LogP contribution >= 0.6 is 0 Å². The molecule has 2 saturated heterocycles. The fraction of sp³-hybridized carbons (Fsp3) is 0.333. The molecule has 2 aliphatic rings. The van der Waals surface area contributed by atoms with Gasteiger partial charge in [-0.05, 0) is 25.0 Å². The molecule has 7 nitrogen and oxygen atoms in total. The van der Waals surface area contributed by atoms with Gasteiger partial charge < -0.3 is 9.84 Å². The molecule has 2 unspecified atom stereocenters. The minimum absolute atomic E-state index is 0.0237. The van der Waals surface area contributed by atoms with Crippen LogP contribution in [0.3, 0.4) is 0 Å². The van der Waals surface area contributed by atoms with E-state index < -0.39 is 30.0 Å². The van der Waals surface area contributed by atoms with E-state index in [2.05, 4.69) is 4.98 Å². The molecule has 1 aromatic heterocycles. The van der Waals surface area contributed by atoms with E-state index in [1.54, 1.807) is 0 Å². The summed E-state index contributed by atoms with van der Waals surface area (Å²) in [6, 6.07) is 2.51. The van der Waals surface area contributed by atoms with E-state index in [0.29, 0.717) is 12.8 Å². The summed E-state index contributed by atoms with van der Waals surface area (Å²) in [5.41, 5.74) is -0.0237. The molecule has 1 N–H and O–H groups in total. The molecule has 0 aromatic carbocycles. The van der Waals surface area contributed by atoms with Crippen molar-refractivity contribution in [3.63, 3.8) is 0 Å². The monoisotopic (exact) mass is 262 g/mol. The second-order valence-electron chi connectivity index (χ2n) is 4.41. The first-order valence-electron chi connectivity index (χ1n) is 5.80. The van der Waals surface area contributed by atoms with Crippen molar-refractivity contribution in [2.45, 2.75) is 25.0 Å². The molecule has 98 valence electrons. The third kappa shape index (κ3) is 1.78. The molecule has 0 radical (unpaired) electrons. The predicted octanol–water partition coefficient (Wildman–Crippen LogP) is 0.201. The number of carbonyl (C=O) groups is 3. The van der Waals surface area contributed by atoms with E-state index in [0.717, 1.165) is 4.90 Å². The van der Waals surface area contributed by atoms with Crippen molar-refractivity contribution >= 4 is 23.6 Å². The van der Waals surface area contributed by atoms with E-state index in [1.807, 2.05) is 0 Å². The van der Waals surface area contributed by atoms with Gasteiger partial charge in [0.2, 0.25) is 0 Å². The molecular formula is C12H10N2O5. The summed E-state index contributed by atoms with van der Waals surface area (Å²) < 4.78 is 5.27. The molecule has 7 heteroatoms. The third-order valence-electron chi connectivity index (χ3n) is 3.23. The van der Waals surface area contributed by atoms with E-state index in [-0.39, 0.29) is 11.4 Å². The highest BCUT2D eigenvalue weighted by Crippen LogP contribution is 2.31. The van der Waals surface area contributed by atoms with Crippen LogP contribution in [0.5, 0.6) is 0 Å². The number of morpholine rings is 1. The number of imide groups is 1. The van der Waals surface area contributed by atoms with Crippen molar-refractivity contribution in [1.29, 1.82) is 0 Å². The summed E-state index contributed by atoms with van der Waals surface area (Å²) in [5, 5.41) is 8.91.